The van der Waals surface area contributed by atoms with Crippen LogP contribution >= 0.6 is 0 Å². The van der Waals surface area contributed by atoms with Crippen molar-refractivity contribution in [1.82, 2.24) is 0 Å². The van der Waals surface area contributed by atoms with Crippen LogP contribution in [0.3, 0.4) is 0 Å². The molecule has 0 aliphatic rings. The van der Waals surface area contributed by atoms with E-state index in [1.54, 1.807) is 0 Å². The molecule has 0 aromatic heterocycles. The average molecular weight is 234 g/mol. The molecule has 76 valence electrons. The SMILES string of the molecule is C=CC=CC(=O)[O-].C=CC=CC(=O)[O-].[Ca+2]. The summed E-state index contributed by atoms with van der Waals surface area (Å²) >= 11 is 0. The summed E-state index contributed by atoms with van der Waals surface area (Å²) in [6.45, 7) is 6.51. The Labute approximate surface area is 118 Å². The van der Waals surface area contributed by atoms with Gasteiger partial charge in [-0.05, 0) is 12.2 Å². The van der Waals surface area contributed by atoms with Crippen LogP contribution < -0.4 is 10.2 Å². The second-order valence-electron chi connectivity index (χ2n) is 1.83. The molecular weight excluding hydrogens is 224 g/mol. The Morgan fingerprint density at radius 3 is 1.20 bits per heavy atom. The van der Waals surface area contributed by atoms with Gasteiger partial charge in [0.15, 0.2) is 0 Å². The van der Waals surface area contributed by atoms with E-state index in [1.807, 2.05) is 0 Å². The molecule has 0 rings (SSSR count). The molecule has 0 heterocycles. The minimum Gasteiger partial charge on any atom is -0.545 e. The number of hydrogen-bond donors (Lipinski definition) is 0. The summed E-state index contributed by atoms with van der Waals surface area (Å²) in [5, 5.41) is 19.0. The minimum absolute atomic E-state index is 0. The van der Waals surface area contributed by atoms with Crippen LogP contribution in [0.25, 0.3) is 0 Å². The van der Waals surface area contributed by atoms with Crippen molar-refractivity contribution >= 4 is 49.7 Å². The molecule has 0 atom stereocenters. The Morgan fingerprint density at radius 2 is 1.13 bits per heavy atom. The van der Waals surface area contributed by atoms with Gasteiger partial charge in [0.2, 0.25) is 0 Å². The van der Waals surface area contributed by atoms with Crippen LogP contribution in [0.4, 0.5) is 0 Å². The fraction of sp³-hybridized carbons (Fsp3) is 0. The summed E-state index contributed by atoms with van der Waals surface area (Å²) in [6.07, 6.45) is 7.16. The number of allylic oxidation sites excluding steroid dienone is 4. The third-order valence-corrected chi connectivity index (χ3v) is 0.737. The van der Waals surface area contributed by atoms with Crippen molar-refractivity contribution < 1.29 is 19.8 Å². The fourth-order valence-electron chi connectivity index (χ4n) is 0.293. The molecule has 0 bridgehead atoms. The van der Waals surface area contributed by atoms with E-state index in [9.17, 15) is 19.8 Å². The summed E-state index contributed by atoms with van der Waals surface area (Å²) in [7, 11) is 0. The Balaban J connectivity index is -0.000000180. The number of carboxylic acid groups (broad SMARTS) is 2. The van der Waals surface area contributed by atoms with Gasteiger partial charge in [-0.1, -0.05) is 37.5 Å². The predicted molar refractivity (Wildman–Crippen MR) is 54.4 cm³/mol. The van der Waals surface area contributed by atoms with Crippen LogP contribution in [0.2, 0.25) is 0 Å². The third kappa shape index (κ3) is 32.0. The number of aliphatic carboxylic acids is 2. The van der Waals surface area contributed by atoms with Gasteiger partial charge >= 0.3 is 37.7 Å². The topological polar surface area (TPSA) is 80.3 Å². The zero-order chi connectivity index (χ0) is 11.4. The smallest absolute Gasteiger partial charge is 0.545 e. The second kappa shape index (κ2) is 15.6. The molecule has 0 N–H and O–H groups in total. The summed E-state index contributed by atoms with van der Waals surface area (Å²) < 4.78 is 0. The maximum absolute atomic E-state index is 9.51. The molecule has 4 nitrogen and oxygen atoms in total. The predicted octanol–water partition coefficient (Wildman–Crippen LogP) is -1.42. The second-order valence-corrected chi connectivity index (χ2v) is 1.83. The van der Waals surface area contributed by atoms with Crippen molar-refractivity contribution in [1.29, 1.82) is 0 Å². The van der Waals surface area contributed by atoms with Gasteiger partial charge in [-0.2, -0.15) is 0 Å². The van der Waals surface area contributed by atoms with Crippen molar-refractivity contribution in [2.24, 2.45) is 0 Å². The molecule has 0 unspecified atom stereocenters. The van der Waals surface area contributed by atoms with Crippen LogP contribution in [0.5, 0.6) is 0 Å². The normalized spacial score (nSPS) is 8.53. The van der Waals surface area contributed by atoms with E-state index < -0.39 is 11.9 Å². The Kier molecular flexibility index (Phi) is 20.5. The zero-order valence-electron chi connectivity index (χ0n) is 8.22. The largest absolute Gasteiger partial charge is 2.00 e. The first kappa shape index (κ1) is 19.7. The van der Waals surface area contributed by atoms with Crippen molar-refractivity contribution in [2.75, 3.05) is 0 Å². The summed E-state index contributed by atoms with van der Waals surface area (Å²) in [5.74, 6) is -2.39. The number of carboxylic acids is 2. The molecular formula is C10H10CaO4. The summed E-state index contributed by atoms with van der Waals surface area (Å²) in [4.78, 5) is 19.0. The summed E-state index contributed by atoms with van der Waals surface area (Å²) in [5.41, 5.74) is 0. The van der Waals surface area contributed by atoms with Crippen molar-refractivity contribution in [2.45, 2.75) is 0 Å². The van der Waals surface area contributed by atoms with Crippen LogP contribution in [0.15, 0.2) is 49.6 Å². The monoisotopic (exact) mass is 234 g/mol. The van der Waals surface area contributed by atoms with Gasteiger partial charge in [0.1, 0.15) is 0 Å². The van der Waals surface area contributed by atoms with Gasteiger partial charge in [-0.15, -0.1) is 0 Å². The first-order valence-corrected chi connectivity index (χ1v) is 3.54. The first-order valence-electron chi connectivity index (χ1n) is 3.54. The van der Waals surface area contributed by atoms with E-state index >= 15 is 0 Å². The average Bonchev–Trinajstić information content (AvgIpc) is 2.12. The van der Waals surface area contributed by atoms with Crippen LogP contribution in [0.1, 0.15) is 0 Å². The molecule has 0 aromatic rings. The minimum atomic E-state index is -1.19. The Bertz CT molecular complexity index is 239. The van der Waals surface area contributed by atoms with Crippen LogP contribution in [-0.2, 0) is 9.59 Å². The molecule has 0 amide bonds. The van der Waals surface area contributed by atoms with Gasteiger partial charge in [0.05, 0.1) is 11.9 Å². The van der Waals surface area contributed by atoms with Gasteiger partial charge < -0.3 is 19.8 Å². The molecule has 0 fully saturated rings. The van der Waals surface area contributed by atoms with E-state index in [2.05, 4.69) is 13.2 Å². The maximum atomic E-state index is 9.51. The van der Waals surface area contributed by atoms with Gasteiger partial charge in [-0.25, -0.2) is 0 Å². The Hall–Kier alpha value is -0.840. The molecule has 0 spiro atoms. The van der Waals surface area contributed by atoms with E-state index in [4.69, 9.17) is 0 Å². The molecule has 0 saturated heterocycles. The first-order chi connectivity index (χ1) is 6.54. The fourth-order valence-corrected chi connectivity index (χ4v) is 0.293. The number of carbonyl (C=O) groups is 2. The zero-order valence-corrected chi connectivity index (χ0v) is 10.4. The third-order valence-electron chi connectivity index (χ3n) is 0.737. The van der Waals surface area contributed by atoms with Crippen molar-refractivity contribution in [3.05, 3.63) is 49.6 Å². The van der Waals surface area contributed by atoms with Crippen molar-refractivity contribution in [3.63, 3.8) is 0 Å². The van der Waals surface area contributed by atoms with E-state index in [1.165, 1.54) is 24.3 Å². The molecule has 0 aliphatic carbocycles. The van der Waals surface area contributed by atoms with Crippen LogP contribution in [-0.4, -0.2) is 49.7 Å². The van der Waals surface area contributed by atoms with Crippen LogP contribution in [0, 0.1) is 0 Å². The van der Waals surface area contributed by atoms with E-state index in [0.717, 1.165) is 12.2 Å². The summed E-state index contributed by atoms with van der Waals surface area (Å²) in [6, 6.07) is 0. The number of carbonyl (C=O) groups excluding carboxylic acids is 2. The maximum Gasteiger partial charge on any atom is 2.00 e. The molecule has 15 heavy (non-hydrogen) atoms. The van der Waals surface area contributed by atoms with Gasteiger partial charge in [0.25, 0.3) is 0 Å². The number of hydrogen-bond acceptors (Lipinski definition) is 4. The van der Waals surface area contributed by atoms with Gasteiger partial charge in [-0.3, -0.25) is 0 Å². The van der Waals surface area contributed by atoms with Crippen molar-refractivity contribution in [3.8, 4) is 0 Å². The quantitative estimate of drug-likeness (QED) is 0.339. The molecule has 0 saturated carbocycles. The van der Waals surface area contributed by atoms with E-state index in [-0.39, 0.29) is 37.7 Å². The molecule has 0 aromatic carbocycles. The molecule has 0 radical (unpaired) electrons. The van der Waals surface area contributed by atoms with Gasteiger partial charge in [0, 0.05) is 0 Å². The Morgan fingerprint density at radius 1 is 0.867 bits per heavy atom. The molecule has 5 heteroatoms. The van der Waals surface area contributed by atoms with E-state index in [0.29, 0.717) is 0 Å². The number of rotatable bonds is 4. The standard InChI is InChI=1S/2C5H6O2.Ca/c2*1-2-3-4-5(6)7;/h2*2-4H,1H2,(H,6,7);/q;;+2/p-2. The molecule has 0 aliphatic heterocycles.